The van der Waals surface area contributed by atoms with E-state index in [-0.39, 0.29) is 11.7 Å². The molecule has 0 radical (unpaired) electrons. The van der Waals surface area contributed by atoms with E-state index in [9.17, 15) is 4.79 Å². The lowest BCUT2D eigenvalue weighted by Gasteiger charge is -2.26. The summed E-state index contributed by atoms with van der Waals surface area (Å²) in [5, 5.41) is 3.71. The summed E-state index contributed by atoms with van der Waals surface area (Å²) in [4.78, 5) is 17.6. The lowest BCUT2D eigenvalue weighted by molar-refractivity contribution is 0.0898. The molecule has 2 saturated carbocycles. The van der Waals surface area contributed by atoms with E-state index in [1.54, 1.807) is 11.8 Å². The van der Waals surface area contributed by atoms with E-state index in [1.807, 2.05) is 12.1 Å². The monoisotopic (exact) mass is 488 g/mol. The van der Waals surface area contributed by atoms with Crippen molar-refractivity contribution in [2.24, 2.45) is 23.2 Å². The van der Waals surface area contributed by atoms with Crippen LogP contribution in [0.1, 0.15) is 98.8 Å². The number of Topliss-reactive ketones (excluding diaryl/α,β-unsaturated/α-hetero) is 1. The molecule has 1 aromatic heterocycles. The fourth-order valence-corrected chi connectivity index (χ4v) is 5.82. The minimum Gasteiger partial charge on any atom is -0.492 e. The maximum absolute atomic E-state index is 13.1. The summed E-state index contributed by atoms with van der Waals surface area (Å²) < 4.78 is 5.78. The van der Waals surface area contributed by atoms with Gasteiger partial charge in [-0.3, -0.25) is 4.79 Å². The third-order valence-corrected chi connectivity index (χ3v) is 9.10. The molecular formula is C32H44N2O2. The van der Waals surface area contributed by atoms with E-state index in [0.717, 1.165) is 51.1 Å². The van der Waals surface area contributed by atoms with Gasteiger partial charge in [0.15, 0.2) is 5.78 Å². The highest BCUT2D eigenvalue weighted by molar-refractivity contribution is 5.96. The quantitative estimate of drug-likeness (QED) is 0.293. The molecular weight excluding hydrogens is 444 g/mol. The van der Waals surface area contributed by atoms with Crippen LogP contribution in [0.25, 0.3) is 0 Å². The molecule has 0 amide bonds. The van der Waals surface area contributed by atoms with E-state index in [1.165, 1.54) is 56.1 Å². The Morgan fingerprint density at radius 2 is 1.97 bits per heavy atom. The number of ketones is 1. The normalized spacial score (nSPS) is 21.0. The van der Waals surface area contributed by atoms with Gasteiger partial charge in [-0.1, -0.05) is 32.0 Å². The number of benzene rings is 1. The first-order chi connectivity index (χ1) is 17.6. The van der Waals surface area contributed by atoms with Crippen LogP contribution in [0.3, 0.4) is 0 Å². The zero-order valence-corrected chi connectivity index (χ0v) is 22.4. The van der Waals surface area contributed by atoms with Gasteiger partial charge in [0.25, 0.3) is 0 Å². The van der Waals surface area contributed by atoms with Gasteiger partial charge >= 0.3 is 0 Å². The standard InChI is InChI=1S/C32H44N2O2/c1-3-26(31(35)30-14-13-29(20-34-30)36-21-24-5-6-24)10-7-23-8-11-28-18-25(9-12-27(28)17-23)19-33-22-32(4-2)15-16-32/h9,12-14,18,20,23-24,26,33H,3-8,10-11,15-17,19,21-22H2,1-2H3. The molecule has 0 spiro atoms. The minimum atomic E-state index is 0.0588. The van der Waals surface area contributed by atoms with Gasteiger partial charge < -0.3 is 10.1 Å². The van der Waals surface area contributed by atoms with Gasteiger partial charge in [-0.25, -0.2) is 4.98 Å². The molecule has 4 heteroatoms. The van der Waals surface area contributed by atoms with Gasteiger partial charge in [-0.15, -0.1) is 0 Å². The van der Waals surface area contributed by atoms with Gasteiger partial charge in [0.05, 0.1) is 12.8 Å². The van der Waals surface area contributed by atoms with E-state index >= 15 is 0 Å². The molecule has 3 aliphatic carbocycles. The summed E-state index contributed by atoms with van der Waals surface area (Å²) >= 11 is 0. The lowest BCUT2D eigenvalue weighted by atomic mass is 9.79. The molecule has 5 rings (SSSR count). The molecule has 2 atom stereocenters. The topological polar surface area (TPSA) is 51.2 Å². The Balaban J connectivity index is 1.08. The number of nitrogens with zero attached hydrogens (tertiary/aromatic N) is 1. The number of rotatable bonds is 14. The summed E-state index contributed by atoms with van der Waals surface area (Å²) in [5.74, 6) is 2.42. The number of fused-ring (bicyclic) bond motifs is 1. The first-order valence-corrected chi connectivity index (χ1v) is 14.5. The Morgan fingerprint density at radius 3 is 2.67 bits per heavy atom. The first-order valence-electron chi connectivity index (χ1n) is 14.5. The van der Waals surface area contributed by atoms with Gasteiger partial charge in [-0.05, 0) is 117 Å². The van der Waals surface area contributed by atoms with Crippen LogP contribution in [-0.2, 0) is 19.4 Å². The molecule has 2 fully saturated rings. The number of hydrogen-bond acceptors (Lipinski definition) is 4. The Kier molecular flexibility index (Phi) is 8.10. The Bertz CT molecular complexity index is 1020. The molecule has 3 aliphatic rings. The van der Waals surface area contributed by atoms with Crippen LogP contribution in [0.2, 0.25) is 0 Å². The van der Waals surface area contributed by atoms with Crippen LogP contribution >= 0.6 is 0 Å². The summed E-state index contributed by atoms with van der Waals surface area (Å²) in [7, 11) is 0. The predicted molar refractivity (Wildman–Crippen MR) is 145 cm³/mol. The van der Waals surface area contributed by atoms with Gasteiger partial charge in [0.1, 0.15) is 11.4 Å². The SMILES string of the molecule is CCC(CCC1CCc2cc(CNCC3(CC)CC3)ccc2C1)C(=O)c1ccc(OCC2CC2)cn1. The van der Waals surface area contributed by atoms with Crippen molar-refractivity contribution in [3.8, 4) is 5.75 Å². The van der Waals surface area contributed by atoms with Crippen molar-refractivity contribution in [1.29, 1.82) is 0 Å². The molecule has 0 bridgehead atoms. The second-order valence-corrected chi connectivity index (χ2v) is 11.8. The van der Waals surface area contributed by atoms with E-state index in [0.29, 0.717) is 22.9 Å². The largest absolute Gasteiger partial charge is 0.492 e. The molecule has 36 heavy (non-hydrogen) atoms. The van der Waals surface area contributed by atoms with Crippen molar-refractivity contribution in [3.63, 3.8) is 0 Å². The van der Waals surface area contributed by atoms with Crippen LogP contribution < -0.4 is 10.1 Å². The van der Waals surface area contributed by atoms with Crippen molar-refractivity contribution in [3.05, 3.63) is 58.9 Å². The van der Waals surface area contributed by atoms with E-state index in [4.69, 9.17) is 4.74 Å². The highest BCUT2D eigenvalue weighted by Crippen LogP contribution is 2.47. The molecule has 1 N–H and O–H groups in total. The van der Waals surface area contributed by atoms with E-state index in [2.05, 4.69) is 42.3 Å². The van der Waals surface area contributed by atoms with Crippen molar-refractivity contribution in [1.82, 2.24) is 10.3 Å². The van der Waals surface area contributed by atoms with Crippen molar-refractivity contribution < 1.29 is 9.53 Å². The molecule has 4 nitrogen and oxygen atoms in total. The van der Waals surface area contributed by atoms with Crippen LogP contribution in [0.15, 0.2) is 36.5 Å². The Hall–Kier alpha value is -2.20. The third kappa shape index (κ3) is 6.56. The average Bonchev–Trinajstić information content (AvgIpc) is 3.84. The number of nitrogens with one attached hydrogen (secondary N) is 1. The fraction of sp³-hybridized carbons (Fsp3) is 0.625. The van der Waals surface area contributed by atoms with Gasteiger partial charge in [-0.2, -0.15) is 0 Å². The summed E-state index contributed by atoms with van der Waals surface area (Å²) in [6.07, 6.45) is 14.9. The number of ether oxygens (including phenoxy) is 1. The number of carbonyl (C=O) groups excluding carboxylic acids is 1. The van der Waals surface area contributed by atoms with Crippen LogP contribution in [0.5, 0.6) is 5.75 Å². The first kappa shape index (κ1) is 25.4. The summed E-state index contributed by atoms with van der Waals surface area (Å²) in [6.45, 7) is 7.37. The number of pyridine rings is 1. The maximum Gasteiger partial charge on any atom is 0.184 e. The fourth-order valence-electron chi connectivity index (χ4n) is 5.82. The molecule has 2 aromatic rings. The average molecular weight is 489 g/mol. The third-order valence-electron chi connectivity index (χ3n) is 9.10. The van der Waals surface area contributed by atoms with Crippen molar-refractivity contribution in [2.75, 3.05) is 13.2 Å². The maximum atomic E-state index is 13.1. The van der Waals surface area contributed by atoms with Gasteiger partial charge in [0.2, 0.25) is 0 Å². The van der Waals surface area contributed by atoms with E-state index < -0.39 is 0 Å². The van der Waals surface area contributed by atoms with Gasteiger partial charge in [0, 0.05) is 19.0 Å². The minimum absolute atomic E-state index is 0.0588. The second-order valence-electron chi connectivity index (χ2n) is 11.8. The Morgan fingerprint density at radius 1 is 1.11 bits per heavy atom. The molecule has 2 unspecified atom stereocenters. The molecule has 1 heterocycles. The van der Waals surface area contributed by atoms with Crippen molar-refractivity contribution >= 4 is 5.78 Å². The zero-order valence-electron chi connectivity index (χ0n) is 22.4. The van der Waals surface area contributed by atoms with Crippen molar-refractivity contribution in [2.45, 2.75) is 91.0 Å². The number of aromatic nitrogens is 1. The van der Waals surface area contributed by atoms with Crippen LogP contribution in [0, 0.1) is 23.2 Å². The van der Waals surface area contributed by atoms with Crippen LogP contribution in [-0.4, -0.2) is 23.9 Å². The molecule has 1 aromatic carbocycles. The molecule has 194 valence electrons. The predicted octanol–water partition coefficient (Wildman–Crippen LogP) is 6.94. The highest BCUT2D eigenvalue weighted by atomic mass is 16.5. The molecule has 0 aliphatic heterocycles. The van der Waals surface area contributed by atoms with Crippen LogP contribution in [0.4, 0.5) is 0 Å². The Labute approximate surface area is 217 Å². The molecule has 0 saturated heterocycles. The lowest BCUT2D eigenvalue weighted by Crippen LogP contribution is -2.23. The highest BCUT2D eigenvalue weighted by Gasteiger charge is 2.39. The number of aryl methyl sites for hydroxylation is 1. The smallest absolute Gasteiger partial charge is 0.184 e. The second kappa shape index (κ2) is 11.5. The number of hydrogen-bond donors (Lipinski definition) is 1. The number of carbonyl (C=O) groups is 1. The summed E-state index contributed by atoms with van der Waals surface area (Å²) in [6, 6.07) is 10.9. The summed E-state index contributed by atoms with van der Waals surface area (Å²) in [5.41, 5.74) is 5.67. The zero-order chi connectivity index (χ0) is 25.0.